The van der Waals surface area contributed by atoms with Crippen LogP contribution in [0.15, 0.2) is 23.2 Å². The number of rotatable bonds is 8. The van der Waals surface area contributed by atoms with E-state index in [1.807, 2.05) is 6.92 Å². The fraction of sp³-hybridized carbons (Fsp3) is 0.545. The van der Waals surface area contributed by atoms with E-state index in [9.17, 15) is 18.5 Å². The van der Waals surface area contributed by atoms with Crippen LogP contribution in [0.1, 0.15) is 26.2 Å². The largest absolute Gasteiger partial charge is 0.363 e. The molecule has 0 saturated heterocycles. The van der Waals surface area contributed by atoms with Gasteiger partial charge in [0.2, 0.25) is 10.0 Å². The minimum atomic E-state index is -3.76. The summed E-state index contributed by atoms with van der Waals surface area (Å²) in [7, 11) is -3.76. The molecule has 0 amide bonds. The molecule has 1 heterocycles. The molecule has 1 unspecified atom stereocenters. The van der Waals surface area contributed by atoms with Gasteiger partial charge in [-0.25, -0.2) is 13.1 Å². The lowest BCUT2D eigenvalue weighted by Crippen LogP contribution is -2.40. The Balaban J connectivity index is 2.84. The van der Waals surface area contributed by atoms with Crippen LogP contribution in [0.2, 0.25) is 0 Å². The van der Waals surface area contributed by atoms with Crippen LogP contribution in [0.4, 0.5) is 5.82 Å². The summed E-state index contributed by atoms with van der Waals surface area (Å²) in [4.78, 5) is 13.2. The van der Waals surface area contributed by atoms with Crippen molar-refractivity contribution in [2.24, 2.45) is 5.73 Å². The van der Waals surface area contributed by atoms with Gasteiger partial charge in [-0.1, -0.05) is 19.8 Å². The lowest BCUT2D eigenvalue weighted by Gasteiger charge is -2.15. The van der Waals surface area contributed by atoms with Gasteiger partial charge in [0.25, 0.3) is 0 Å². The fourth-order valence-corrected chi connectivity index (χ4v) is 2.83. The highest BCUT2D eigenvalue weighted by Crippen LogP contribution is 2.13. The Hall–Kier alpha value is -1.58. The van der Waals surface area contributed by atoms with E-state index in [0.717, 1.165) is 31.2 Å². The highest BCUT2D eigenvalue weighted by Gasteiger charge is 2.21. The highest BCUT2D eigenvalue weighted by atomic mass is 32.2. The summed E-state index contributed by atoms with van der Waals surface area (Å²) >= 11 is 0. The summed E-state index contributed by atoms with van der Waals surface area (Å²) in [6.07, 6.45) is 3.42. The fourth-order valence-electron chi connectivity index (χ4n) is 1.60. The summed E-state index contributed by atoms with van der Waals surface area (Å²) in [5.74, 6) is -0.398. The number of unbranched alkanes of at least 4 members (excludes halogenated alkanes) is 1. The van der Waals surface area contributed by atoms with Crippen LogP contribution < -0.4 is 10.5 Å². The number of hydrogen-bond donors (Lipinski definition) is 2. The molecule has 0 aliphatic carbocycles. The SMILES string of the molecule is CCCCC(CN)NS(=O)(=O)c1ccc([N+](=O)[O-])nc1. The number of hydrogen-bond acceptors (Lipinski definition) is 6. The van der Waals surface area contributed by atoms with E-state index in [2.05, 4.69) is 9.71 Å². The quantitative estimate of drug-likeness (QED) is 0.539. The molecule has 0 aromatic carbocycles. The number of nitrogens with one attached hydrogen (secondary N) is 1. The Morgan fingerprint density at radius 2 is 2.20 bits per heavy atom. The van der Waals surface area contributed by atoms with Gasteiger partial charge in [-0.05, 0) is 22.4 Å². The summed E-state index contributed by atoms with van der Waals surface area (Å²) in [6, 6.07) is 1.86. The van der Waals surface area contributed by atoms with Crippen LogP contribution >= 0.6 is 0 Å². The molecule has 0 saturated carbocycles. The van der Waals surface area contributed by atoms with Crippen LogP contribution in [-0.2, 0) is 10.0 Å². The predicted octanol–water partition coefficient (Wildman–Crippen LogP) is 0.786. The highest BCUT2D eigenvalue weighted by molar-refractivity contribution is 7.89. The minimum Gasteiger partial charge on any atom is -0.358 e. The molecule has 0 bridgehead atoms. The van der Waals surface area contributed by atoms with Crippen molar-refractivity contribution in [2.75, 3.05) is 6.54 Å². The molecular weight excluding hydrogens is 284 g/mol. The van der Waals surface area contributed by atoms with Crippen LogP contribution in [0, 0.1) is 10.1 Å². The van der Waals surface area contributed by atoms with Gasteiger partial charge in [0.1, 0.15) is 4.90 Å². The Bertz CT molecular complexity index is 544. The molecule has 0 aliphatic rings. The maximum atomic E-state index is 12.1. The monoisotopic (exact) mass is 302 g/mol. The van der Waals surface area contributed by atoms with Gasteiger partial charge in [-0.3, -0.25) is 0 Å². The van der Waals surface area contributed by atoms with Crippen molar-refractivity contribution in [2.45, 2.75) is 37.1 Å². The average molecular weight is 302 g/mol. The third-order valence-electron chi connectivity index (χ3n) is 2.73. The van der Waals surface area contributed by atoms with E-state index in [-0.39, 0.29) is 17.5 Å². The molecule has 8 nitrogen and oxygen atoms in total. The van der Waals surface area contributed by atoms with Crippen molar-refractivity contribution < 1.29 is 13.3 Å². The number of nitro groups is 1. The Morgan fingerprint density at radius 3 is 2.65 bits per heavy atom. The lowest BCUT2D eigenvalue weighted by atomic mass is 10.1. The lowest BCUT2D eigenvalue weighted by molar-refractivity contribution is -0.389. The molecule has 20 heavy (non-hydrogen) atoms. The Kier molecular flexibility index (Phi) is 5.99. The second-order valence-electron chi connectivity index (χ2n) is 4.31. The molecule has 0 spiro atoms. The zero-order valence-electron chi connectivity index (χ0n) is 11.2. The van der Waals surface area contributed by atoms with Gasteiger partial charge >= 0.3 is 5.82 Å². The van der Waals surface area contributed by atoms with E-state index in [0.29, 0.717) is 6.42 Å². The van der Waals surface area contributed by atoms with Gasteiger partial charge in [0.15, 0.2) is 6.20 Å². The molecule has 9 heteroatoms. The van der Waals surface area contributed by atoms with Gasteiger partial charge < -0.3 is 15.8 Å². The number of nitrogens with zero attached hydrogens (tertiary/aromatic N) is 2. The van der Waals surface area contributed by atoms with Crippen LogP contribution in [-0.4, -0.2) is 30.9 Å². The van der Waals surface area contributed by atoms with E-state index in [1.54, 1.807) is 0 Å². The molecule has 3 N–H and O–H groups in total. The van der Waals surface area contributed by atoms with Crippen LogP contribution in [0.5, 0.6) is 0 Å². The summed E-state index contributed by atoms with van der Waals surface area (Å²) in [5, 5.41) is 10.5. The van der Waals surface area contributed by atoms with Crippen molar-refractivity contribution in [3.05, 3.63) is 28.4 Å². The standard InChI is InChI=1S/C11H18N4O4S/c1-2-3-4-9(7-12)14-20(18,19)10-5-6-11(13-8-10)15(16)17/h5-6,8-9,14H,2-4,7,12H2,1H3. The third kappa shape index (κ3) is 4.51. The first-order chi connectivity index (χ1) is 9.40. The zero-order chi connectivity index (χ0) is 15.2. The zero-order valence-corrected chi connectivity index (χ0v) is 12.0. The maximum Gasteiger partial charge on any atom is 0.363 e. The molecule has 0 radical (unpaired) electrons. The molecule has 1 atom stereocenters. The molecular formula is C11H18N4O4S. The van der Waals surface area contributed by atoms with E-state index >= 15 is 0 Å². The first kappa shape index (κ1) is 16.5. The topological polar surface area (TPSA) is 128 Å². The first-order valence-corrected chi connectivity index (χ1v) is 7.72. The van der Waals surface area contributed by atoms with E-state index in [1.165, 1.54) is 0 Å². The van der Waals surface area contributed by atoms with Gasteiger partial charge in [-0.15, -0.1) is 0 Å². The second kappa shape index (κ2) is 7.27. The number of nitrogens with two attached hydrogens (primary N) is 1. The van der Waals surface area contributed by atoms with Crippen molar-refractivity contribution in [3.63, 3.8) is 0 Å². The number of sulfonamides is 1. The van der Waals surface area contributed by atoms with Crippen molar-refractivity contribution in [1.29, 1.82) is 0 Å². The average Bonchev–Trinajstić information content (AvgIpc) is 2.43. The molecule has 1 rings (SSSR count). The molecule has 1 aromatic rings. The smallest absolute Gasteiger partial charge is 0.358 e. The summed E-state index contributed by atoms with van der Waals surface area (Å²) in [5.41, 5.74) is 5.53. The van der Waals surface area contributed by atoms with Crippen molar-refractivity contribution >= 4 is 15.8 Å². The van der Waals surface area contributed by atoms with Gasteiger partial charge in [0, 0.05) is 18.7 Å². The number of pyridine rings is 1. The summed E-state index contributed by atoms with van der Waals surface area (Å²) in [6.45, 7) is 2.20. The number of aromatic nitrogens is 1. The van der Waals surface area contributed by atoms with Crippen molar-refractivity contribution in [3.8, 4) is 0 Å². The maximum absolute atomic E-state index is 12.1. The first-order valence-electron chi connectivity index (χ1n) is 6.23. The minimum absolute atomic E-state index is 0.113. The normalized spacial score (nSPS) is 13.1. The molecule has 0 fully saturated rings. The van der Waals surface area contributed by atoms with Crippen LogP contribution in [0.3, 0.4) is 0 Å². The molecule has 1 aromatic heterocycles. The van der Waals surface area contributed by atoms with Crippen molar-refractivity contribution in [1.82, 2.24) is 9.71 Å². The second-order valence-corrected chi connectivity index (χ2v) is 6.02. The van der Waals surface area contributed by atoms with E-state index < -0.39 is 20.8 Å². The summed E-state index contributed by atoms with van der Waals surface area (Å²) < 4.78 is 26.6. The molecule has 112 valence electrons. The third-order valence-corrected chi connectivity index (χ3v) is 4.24. The Morgan fingerprint density at radius 1 is 1.50 bits per heavy atom. The van der Waals surface area contributed by atoms with Crippen LogP contribution in [0.25, 0.3) is 0 Å². The van der Waals surface area contributed by atoms with Gasteiger partial charge in [0.05, 0.1) is 0 Å². The van der Waals surface area contributed by atoms with Gasteiger partial charge in [-0.2, -0.15) is 0 Å². The molecule has 0 aliphatic heterocycles. The van der Waals surface area contributed by atoms with E-state index in [4.69, 9.17) is 5.73 Å². The predicted molar refractivity (Wildman–Crippen MR) is 73.6 cm³/mol. The Labute approximate surface area is 117 Å².